The Morgan fingerprint density at radius 3 is 2.77 bits per heavy atom. The molecular formula is C18H18N6O2. The molecule has 3 heterocycles. The number of aromatic amines is 1. The van der Waals surface area contributed by atoms with Gasteiger partial charge in [0.2, 0.25) is 0 Å². The van der Waals surface area contributed by atoms with Gasteiger partial charge < -0.3 is 15.2 Å². The topological polar surface area (TPSA) is 104 Å². The van der Waals surface area contributed by atoms with Crippen molar-refractivity contribution in [2.45, 2.75) is 18.9 Å². The van der Waals surface area contributed by atoms with Crippen molar-refractivity contribution in [2.24, 2.45) is 0 Å². The van der Waals surface area contributed by atoms with Gasteiger partial charge in [-0.15, -0.1) is 0 Å². The second kappa shape index (κ2) is 6.91. The normalized spacial score (nSPS) is 15.2. The zero-order valence-corrected chi connectivity index (χ0v) is 14.1. The summed E-state index contributed by atoms with van der Waals surface area (Å²) in [5.41, 5.74) is 2.64. The molecule has 8 heteroatoms. The zero-order valence-electron chi connectivity index (χ0n) is 14.1. The number of aromatic nitrogens is 4. The molecule has 0 unspecified atom stereocenters. The molecule has 0 saturated carbocycles. The van der Waals surface area contributed by atoms with E-state index in [0.717, 1.165) is 11.0 Å². The van der Waals surface area contributed by atoms with Gasteiger partial charge in [-0.05, 0) is 31.0 Å². The van der Waals surface area contributed by atoms with Crippen LogP contribution >= 0.6 is 0 Å². The van der Waals surface area contributed by atoms with Gasteiger partial charge in [-0.25, -0.2) is 9.97 Å². The molecule has 0 radical (unpaired) electrons. The number of amides is 2. The Morgan fingerprint density at radius 1 is 1.15 bits per heavy atom. The van der Waals surface area contributed by atoms with E-state index in [2.05, 4.69) is 25.3 Å². The Balaban J connectivity index is 1.35. The fourth-order valence-electron chi connectivity index (χ4n) is 3.15. The number of nitrogens with one attached hydrogen (secondary N) is 2. The van der Waals surface area contributed by atoms with Crippen LogP contribution in [0.2, 0.25) is 0 Å². The van der Waals surface area contributed by atoms with Crippen molar-refractivity contribution < 1.29 is 9.59 Å². The third-order valence-corrected chi connectivity index (χ3v) is 4.58. The lowest BCUT2D eigenvalue weighted by Crippen LogP contribution is -2.46. The largest absolute Gasteiger partial charge is 0.348 e. The molecule has 1 aliphatic rings. The van der Waals surface area contributed by atoms with Crippen LogP contribution in [0.4, 0.5) is 0 Å². The van der Waals surface area contributed by atoms with E-state index in [9.17, 15) is 9.59 Å². The molecule has 3 aromatic rings. The fraction of sp³-hybridized carbons (Fsp3) is 0.278. The first-order valence-electron chi connectivity index (χ1n) is 8.50. The van der Waals surface area contributed by atoms with E-state index in [1.54, 1.807) is 12.4 Å². The van der Waals surface area contributed by atoms with E-state index in [4.69, 9.17) is 0 Å². The molecule has 132 valence electrons. The molecule has 1 fully saturated rings. The number of benzene rings is 1. The molecule has 1 aromatic carbocycles. The summed E-state index contributed by atoms with van der Waals surface area (Å²) in [6.45, 7) is 1.20. The Kier molecular flexibility index (Phi) is 4.30. The average Bonchev–Trinajstić information content (AvgIpc) is 3.16. The third-order valence-electron chi connectivity index (χ3n) is 4.58. The summed E-state index contributed by atoms with van der Waals surface area (Å²) >= 11 is 0. The first kappa shape index (κ1) is 16.2. The van der Waals surface area contributed by atoms with Crippen LogP contribution in [0.5, 0.6) is 0 Å². The van der Waals surface area contributed by atoms with E-state index in [0.29, 0.717) is 37.2 Å². The second-order valence-corrected chi connectivity index (χ2v) is 6.27. The molecule has 2 amide bonds. The van der Waals surface area contributed by atoms with Gasteiger partial charge in [0.15, 0.2) is 0 Å². The molecule has 0 atom stereocenters. The maximum atomic E-state index is 12.7. The van der Waals surface area contributed by atoms with E-state index in [-0.39, 0.29) is 17.9 Å². The SMILES string of the molecule is O=C(NC1CCN(C(=O)c2ccc3nc[nH]c3c2)CC1)c1cnccn1. The van der Waals surface area contributed by atoms with Crippen molar-refractivity contribution in [3.05, 3.63) is 54.4 Å². The third kappa shape index (κ3) is 3.26. The van der Waals surface area contributed by atoms with Gasteiger partial charge in [0.25, 0.3) is 11.8 Å². The average molecular weight is 350 g/mol. The Hall–Kier alpha value is -3.29. The standard InChI is InChI=1S/C18H18N6O2/c25-17(16-10-19-5-6-20-16)23-13-3-7-24(8-4-13)18(26)12-1-2-14-15(9-12)22-11-21-14/h1-2,5-6,9-11,13H,3-4,7-8H2,(H,21,22)(H,23,25). The minimum Gasteiger partial charge on any atom is -0.348 e. The first-order valence-corrected chi connectivity index (χ1v) is 8.50. The van der Waals surface area contributed by atoms with Gasteiger partial charge in [-0.3, -0.25) is 14.6 Å². The van der Waals surface area contributed by atoms with E-state index in [1.807, 2.05) is 17.0 Å². The second-order valence-electron chi connectivity index (χ2n) is 6.27. The number of fused-ring (bicyclic) bond motifs is 1. The summed E-state index contributed by atoms with van der Waals surface area (Å²) in [6, 6.07) is 5.50. The van der Waals surface area contributed by atoms with Crippen molar-refractivity contribution >= 4 is 22.8 Å². The number of carbonyl (C=O) groups excluding carboxylic acids is 2. The number of carbonyl (C=O) groups is 2. The summed E-state index contributed by atoms with van der Waals surface area (Å²) < 4.78 is 0. The van der Waals surface area contributed by atoms with Crippen molar-refractivity contribution in [1.29, 1.82) is 0 Å². The predicted octanol–water partition coefficient (Wildman–Crippen LogP) is 1.39. The molecule has 2 N–H and O–H groups in total. The molecule has 8 nitrogen and oxygen atoms in total. The number of piperidine rings is 1. The summed E-state index contributed by atoms with van der Waals surface area (Å²) in [5, 5.41) is 2.96. The highest BCUT2D eigenvalue weighted by Crippen LogP contribution is 2.17. The molecule has 26 heavy (non-hydrogen) atoms. The molecule has 4 rings (SSSR count). The predicted molar refractivity (Wildman–Crippen MR) is 94.5 cm³/mol. The first-order chi connectivity index (χ1) is 12.7. The summed E-state index contributed by atoms with van der Waals surface area (Å²) in [5.74, 6) is -0.229. The van der Waals surface area contributed by atoms with Crippen LogP contribution in [0.1, 0.15) is 33.7 Å². The van der Waals surface area contributed by atoms with Gasteiger partial charge in [-0.2, -0.15) is 0 Å². The number of H-pyrrole nitrogens is 1. The molecule has 1 saturated heterocycles. The van der Waals surface area contributed by atoms with E-state index < -0.39 is 0 Å². The lowest BCUT2D eigenvalue weighted by molar-refractivity contribution is 0.0698. The summed E-state index contributed by atoms with van der Waals surface area (Å²) in [7, 11) is 0. The number of imidazole rings is 1. The van der Waals surface area contributed by atoms with Crippen LogP contribution < -0.4 is 5.32 Å². The van der Waals surface area contributed by atoms with Crippen molar-refractivity contribution in [3.63, 3.8) is 0 Å². The van der Waals surface area contributed by atoms with Crippen LogP contribution in [0, 0.1) is 0 Å². The Morgan fingerprint density at radius 2 is 2.00 bits per heavy atom. The van der Waals surface area contributed by atoms with Crippen LogP contribution in [-0.4, -0.2) is 55.8 Å². The molecular weight excluding hydrogens is 332 g/mol. The molecule has 0 bridgehead atoms. The minimum atomic E-state index is -0.229. The van der Waals surface area contributed by atoms with Gasteiger partial charge in [-0.1, -0.05) is 0 Å². The summed E-state index contributed by atoms with van der Waals surface area (Å²) in [6.07, 6.45) is 7.51. The number of hydrogen-bond acceptors (Lipinski definition) is 5. The lowest BCUT2D eigenvalue weighted by Gasteiger charge is -2.32. The van der Waals surface area contributed by atoms with Crippen LogP contribution in [-0.2, 0) is 0 Å². The Labute approximate surface area is 149 Å². The quantitative estimate of drug-likeness (QED) is 0.743. The van der Waals surface area contributed by atoms with Gasteiger partial charge in [0.05, 0.1) is 23.6 Å². The van der Waals surface area contributed by atoms with Gasteiger partial charge in [0.1, 0.15) is 5.69 Å². The highest BCUT2D eigenvalue weighted by molar-refractivity contribution is 5.97. The van der Waals surface area contributed by atoms with Crippen LogP contribution in [0.3, 0.4) is 0 Å². The monoisotopic (exact) mass is 350 g/mol. The van der Waals surface area contributed by atoms with Crippen molar-refractivity contribution in [1.82, 2.24) is 30.2 Å². The van der Waals surface area contributed by atoms with E-state index >= 15 is 0 Å². The summed E-state index contributed by atoms with van der Waals surface area (Å²) in [4.78, 5) is 41.8. The molecule has 1 aliphatic heterocycles. The highest BCUT2D eigenvalue weighted by atomic mass is 16.2. The number of nitrogens with zero attached hydrogens (tertiary/aromatic N) is 4. The zero-order chi connectivity index (χ0) is 17.9. The number of rotatable bonds is 3. The van der Waals surface area contributed by atoms with Crippen LogP contribution in [0.15, 0.2) is 43.1 Å². The maximum absolute atomic E-state index is 12.7. The highest BCUT2D eigenvalue weighted by Gasteiger charge is 2.25. The molecule has 0 spiro atoms. The number of hydrogen-bond donors (Lipinski definition) is 2. The van der Waals surface area contributed by atoms with Crippen molar-refractivity contribution in [2.75, 3.05) is 13.1 Å². The fourth-order valence-corrected chi connectivity index (χ4v) is 3.15. The molecule has 0 aliphatic carbocycles. The number of likely N-dealkylation sites (tertiary alicyclic amines) is 1. The van der Waals surface area contributed by atoms with Gasteiger partial charge in [0, 0.05) is 37.1 Å². The maximum Gasteiger partial charge on any atom is 0.271 e. The van der Waals surface area contributed by atoms with E-state index in [1.165, 1.54) is 18.6 Å². The Bertz CT molecular complexity index is 931. The minimum absolute atomic E-state index is 0.000188. The van der Waals surface area contributed by atoms with Crippen molar-refractivity contribution in [3.8, 4) is 0 Å². The molecule has 2 aromatic heterocycles. The smallest absolute Gasteiger partial charge is 0.271 e. The lowest BCUT2D eigenvalue weighted by atomic mass is 10.0. The van der Waals surface area contributed by atoms with Gasteiger partial charge >= 0.3 is 0 Å². The van der Waals surface area contributed by atoms with Crippen LogP contribution in [0.25, 0.3) is 11.0 Å².